The van der Waals surface area contributed by atoms with Crippen LogP contribution in [0, 0.1) is 12.8 Å². The molecule has 1 aromatic heterocycles. The second kappa shape index (κ2) is 4.57. The third-order valence-electron chi connectivity index (χ3n) is 3.57. The topological polar surface area (TPSA) is 82.2 Å². The molecule has 2 rings (SSSR count). The number of hydrogen-bond donors (Lipinski definition) is 3. The summed E-state index contributed by atoms with van der Waals surface area (Å²) >= 11 is 0. The highest BCUT2D eigenvalue weighted by atomic mass is 16.3. The standard InChI is InChI=1S/C13H18N2O3/c1-8-10(5-6-11(17)14-8)12(18)15-13(2,7-16)9-3-4-9/h5-6,9,16H,3-4,7H2,1-2H3,(H,14,17)(H,15,18). The zero-order valence-electron chi connectivity index (χ0n) is 10.6. The Balaban J connectivity index is 2.18. The van der Waals surface area contributed by atoms with Gasteiger partial charge in [0.05, 0.1) is 17.7 Å². The highest BCUT2D eigenvalue weighted by molar-refractivity contribution is 5.95. The Kier molecular flexibility index (Phi) is 3.26. The van der Waals surface area contributed by atoms with Gasteiger partial charge in [-0.25, -0.2) is 0 Å². The fraction of sp³-hybridized carbons (Fsp3) is 0.538. The van der Waals surface area contributed by atoms with Crippen LogP contribution < -0.4 is 10.9 Å². The zero-order valence-corrected chi connectivity index (χ0v) is 10.6. The van der Waals surface area contributed by atoms with Gasteiger partial charge in [-0.1, -0.05) is 0 Å². The summed E-state index contributed by atoms with van der Waals surface area (Å²) in [5.41, 5.74) is 0.182. The average Bonchev–Trinajstić information content (AvgIpc) is 3.12. The molecule has 0 saturated heterocycles. The maximum atomic E-state index is 12.1. The van der Waals surface area contributed by atoms with Gasteiger partial charge >= 0.3 is 0 Å². The Morgan fingerprint density at radius 1 is 1.56 bits per heavy atom. The molecule has 0 bridgehead atoms. The van der Waals surface area contributed by atoms with Crippen molar-refractivity contribution in [1.29, 1.82) is 0 Å². The third kappa shape index (κ3) is 2.46. The van der Waals surface area contributed by atoms with Crippen molar-refractivity contribution in [2.24, 2.45) is 5.92 Å². The Morgan fingerprint density at radius 3 is 2.72 bits per heavy atom. The summed E-state index contributed by atoms with van der Waals surface area (Å²) in [5, 5.41) is 12.3. The van der Waals surface area contributed by atoms with E-state index in [1.54, 1.807) is 6.92 Å². The van der Waals surface area contributed by atoms with E-state index in [0.717, 1.165) is 12.8 Å². The van der Waals surface area contributed by atoms with Gasteiger partial charge in [0.1, 0.15) is 0 Å². The average molecular weight is 250 g/mol. The summed E-state index contributed by atoms with van der Waals surface area (Å²) in [4.78, 5) is 25.8. The number of aliphatic hydroxyl groups excluding tert-OH is 1. The maximum Gasteiger partial charge on any atom is 0.253 e. The lowest BCUT2D eigenvalue weighted by Crippen LogP contribution is -2.51. The maximum absolute atomic E-state index is 12.1. The van der Waals surface area contributed by atoms with Crippen molar-refractivity contribution in [2.75, 3.05) is 6.61 Å². The van der Waals surface area contributed by atoms with Crippen LogP contribution in [0.25, 0.3) is 0 Å². The quantitative estimate of drug-likeness (QED) is 0.730. The van der Waals surface area contributed by atoms with Crippen LogP contribution in [0.2, 0.25) is 0 Å². The van der Waals surface area contributed by atoms with Gasteiger partial charge in [0.25, 0.3) is 5.91 Å². The second-order valence-electron chi connectivity index (χ2n) is 5.17. The molecule has 3 N–H and O–H groups in total. The second-order valence-corrected chi connectivity index (χ2v) is 5.17. The van der Waals surface area contributed by atoms with Gasteiger partial charge in [-0.05, 0) is 38.7 Å². The summed E-state index contributed by atoms with van der Waals surface area (Å²) in [6.45, 7) is 3.46. The molecule has 1 aliphatic carbocycles. The van der Waals surface area contributed by atoms with Crippen molar-refractivity contribution < 1.29 is 9.90 Å². The number of aliphatic hydroxyl groups is 1. The van der Waals surface area contributed by atoms with E-state index < -0.39 is 5.54 Å². The predicted octanol–water partition coefficient (Wildman–Crippen LogP) is 0.574. The van der Waals surface area contributed by atoms with Crippen LogP contribution in [0.15, 0.2) is 16.9 Å². The summed E-state index contributed by atoms with van der Waals surface area (Å²) in [6.07, 6.45) is 2.06. The molecule has 0 radical (unpaired) electrons. The SMILES string of the molecule is Cc1[nH]c(=O)ccc1C(=O)NC(C)(CO)C1CC1. The lowest BCUT2D eigenvalue weighted by molar-refractivity contribution is 0.0823. The Hall–Kier alpha value is -1.62. The normalized spacial score (nSPS) is 18.2. The number of carbonyl (C=O) groups excluding carboxylic acids is 1. The molecule has 1 aliphatic rings. The number of rotatable bonds is 4. The summed E-state index contributed by atoms with van der Waals surface area (Å²) in [5.74, 6) is 0.0849. The fourth-order valence-corrected chi connectivity index (χ4v) is 2.14. The van der Waals surface area contributed by atoms with Crippen molar-refractivity contribution in [1.82, 2.24) is 10.3 Å². The molecule has 1 aromatic rings. The van der Waals surface area contributed by atoms with Crippen molar-refractivity contribution in [3.05, 3.63) is 33.7 Å². The van der Waals surface area contributed by atoms with Crippen molar-refractivity contribution in [3.8, 4) is 0 Å². The van der Waals surface area contributed by atoms with E-state index in [1.807, 2.05) is 6.92 Å². The monoisotopic (exact) mass is 250 g/mol. The van der Waals surface area contributed by atoms with E-state index in [1.165, 1.54) is 12.1 Å². The first-order valence-electron chi connectivity index (χ1n) is 6.09. The number of carbonyl (C=O) groups is 1. The summed E-state index contributed by atoms with van der Waals surface area (Å²) in [6, 6.07) is 2.84. The smallest absolute Gasteiger partial charge is 0.253 e. The minimum absolute atomic E-state index is 0.0776. The van der Waals surface area contributed by atoms with Crippen molar-refractivity contribution >= 4 is 5.91 Å². The van der Waals surface area contributed by atoms with Crippen LogP contribution in [0.3, 0.4) is 0 Å². The van der Waals surface area contributed by atoms with Gasteiger partial charge in [-0.3, -0.25) is 9.59 Å². The molecular weight excluding hydrogens is 232 g/mol. The Bertz CT molecular complexity index is 519. The largest absolute Gasteiger partial charge is 0.394 e. The number of pyridine rings is 1. The van der Waals surface area contributed by atoms with E-state index in [2.05, 4.69) is 10.3 Å². The van der Waals surface area contributed by atoms with Crippen LogP contribution in [0.1, 0.15) is 35.8 Å². The highest BCUT2D eigenvalue weighted by Gasteiger charge is 2.42. The van der Waals surface area contributed by atoms with E-state index in [0.29, 0.717) is 17.2 Å². The molecule has 5 nitrogen and oxygen atoms in total. The lowest BCUT2D eigenvalue weighted by Gasteiger charge is -2.29. The molecule has 1 amide bonds. The first kappa shape index (κ1) is 12.8. The van der Waals surface area contributed by atoms with Gasteiger partial charge in [0.15, 0.2) is 0 Å². The number of nitrogens with one attached hydrogen (secondary N) is 2. The van der Waals surface area contributed by atoms with Gasteiger partial charge < -0.3 is 15.4 Å². The van der Waals surface area contributed by atoms with E-state index in [9.17, 15) is 14.7 Å². The van der Waals surface area contributed by atoms with Gasteiger partial charge in [-0.2, -0.15) is 0 Å². The predicted molar refractivity (Wildman–Crippen MR) is 67.5 cm³/mol. The minimum atomic E-state index is -0.570. The first-order valence-corrected chi connectivity index (χ1v) is 6.09. The number of aromatic nitrogens is 1. The molecule has 0 aliphatic heterocycles. The Morgan fingerprint density at radius 2 is 2.22 bits per heavy atom. The lowest BCUT2D eigenvalue weighted by atomic mass is 9.96. The van der Waals surface area contributed by atoms with Gasteiger partial charge in [0, 0.05) is 11.8 Å². The molecular formula is C13H18N2O3. The molecule has 0 aromatic carbocycles. The van der Waals surface area contributed by atoms with Gasteiger partial charge in [-0.15, -0.1) is 0 Å². The molecule has 98 valence electrons. The van der Waals surface area contributed by atoms with Crippen LogP contribution in [0.4, 0.5) is 0 Å². The van der Waals surface area contributed by atoms with E-state index >= 15 is 0 Å². The zero-order chi connectivity index (χ0) is 13.3. The van der Waals surface area contributed by atoms with Gasteiger partial charge in [0.2, 0.25) is 5.56 Å². The number of aryl methyl sites for hydroxylation is 1. The summed E-state index contributed by atoms with van der Waals surface area (Å²) in [7, 11) is 0. The van der Waals surface area contributed by atoms with Crippen molar-refractivity contribution in [3.63, 3.8) is 0 Å². The highest BCUT2D eigenvalue weighted by Crippen LogP contribution is 2.39. The number of H-pyrrole nitrogens is 1. The molecule has 5 heteroatoms. The number of aromatic amines is 1. The third-order valence-corrected chi connectivity index (χ3v) is 3.57. The molecule has 0 spiro atoms. The number of amides is 1. The molecule has 1 atom stereocenters. The van der Waals surface area contributed by atoms with Crippen LogP contribution in [-0.4, -0.2) is 28.1 Å². The molecule has 1 fully saturated rings. The fourth-order valence-electron chi connectivity index (χ4n) is 2.14. The molecule has 1 heterocycles. The summed E-state index contributed by atoms with van der Waals surface area (Å²) < 4.78 is 0. The van der Waals surface area contributed by atoms with Crippen LogP contribution in [0.5, 0.6) is 0 Å². The first-order chi connectivity index (χ1) is 8.46. The molecule has 1 saturated carbocycles. The van der Waals surface area contributed by atoms with Crippen molar-refractivity contribution in [2.45, 2.75) is 32.2 Å². The van der Waals surface area contributed by atoms with E-state index in [-0.39, 0.29) is 18.1 Å². The number of hydrogen-bond acceptors (Lipinski definition) is 3. The van der Waals surface area contributed by atoms with E-state index in [4.69, 9.17) is 0 Å². The Labute approximate surface area is 105 Å². The molecule has 18 heavy (non-hydrogen) atoms. The van der Waals surface area contributed by atoms with Crippen LogP contribution in [-0.2, 0) is 0 Å². The molecule has 1 unspecified atom stereocenters. The minimum Gasteiger partial charge on any atom is -0.394 e. The van der Waals surface area contributed by atoms with Crippen LogP contribution >= 0.6 is 0 Å².